The van der Waals surface area contributed by atoms with E-state index < -0.39 is 34.8 Å². The summed E-state index contributed by atoms with van der Waals surface area (Å²) in [5.74, 6) is -2.74. The van der Waals surface area contributed by atoms with Crippen LogP contribution in [0.5, 0.6) is 0 Å². The van der Waals surface area contributed by atoms with Crippen molar-refractivity contribution in [1.82, 2.24) is 0 Å². The Balaban J connectivity index is 1.55. The molecule has 1 aliphatic rings. The van der Waals surface area contributed by atoms with Gasteiger partial charge in [0.2, 0.25) is 0 Å². The molecule has 3 N–H and O–H groups in total. The second-order valence-corrected chi connectivity index (χ2v) is 9.37. The highest BCUT2D eigenvalue weighted by Crippen LogP contribution is 2.43. The Hall–Kier alpha value is -3.42. The first kappa shape index (κ1) is 25.2. The first-order valence-corrected chi connectivity index (χ1v) is 12.3. The smallest absolute Gasteiger partial charge is 0.163 e. The Kier molecular flexibility index (Phi) is 7.17. The predicted molar refractivity (Wildman–Crippen MR) is 138 cm³/mol. The van der Waals surface area contributed by atoms with Gasteiger partial charge in [-0.15, -0.1) is 0 Å². The summed E-state index contributed by atoms with van der Waals surface area (Å²) in [5.41, 5.74) is 6.95. The number of nitrogens with two attached hydrogens (primary N) is 1. The number of rotatable bonds is 8. The van der Waals surface area contributed by atoms with Crippen molar-refractivity contribution in [1.29, 1.82) is 0 Å². The van der Waals surface area contributed by atoms with Gasteiger partial charge >= 0.3 is 0 Å². The van der Waals surface area contributed by atoms with Gasteiger partial charge in [0, 0.05) is 11.5 Å². The van der Waals surface area contributed by atoms with Crippen molar-refractivity contribution in [3.63, 3.8) is 0 Å². The third-order valence-corrected chi connectivity index (χ3v) is 7.30. The van der Waals surface area contributed by atoms with Gasteiger partial charge in [0.25, 0.3) is 0 Å². The molecule has 4 aromatic carbocycles. The molecule has 5 rings (SSSR count). The summed E-state index contributed by atoms with van der Waals surface area (Å²) in [5, 5.41) is 10.3. The Morgan fingerprint density at radius 2 is 1.32 bits per heavy atom. The molecule has 4 aromatic rings. The Morgan fingerprint density at radius 1 is 0.811 bits per heavy atom. The van der Waals surface area contributed by atoms with Crippen LogP contribution >= 0.6 is 0 Å². The minimum atomic E-state index is -1.41. The van der Waals surface area contributed by atoms with Crippen LogP contribution in [0.2, 0.25) is 0 Å². The van der Waals surface area contributed by atoms with E-state index in [1.807, 2.05) is 91.0 Å². The average Bonchev–Trinajstić information content (AvgIpc) is 3.28. The number of hydrogen-bond acceptors (Lipinski definition) is 4. The van der Waals surface area contributed by atoms with Crippen LogP contribution in [0.3, 0.4) is 0 Å². The van der Waals surface area contributed by atoms with Gasteiger partial charge in [-0.1, -0.05) is 103 Å². The number of benzene rings is 4. The molecule has 6 heteroatoms. The van der Waals surface area contributed by atoms with E-state index in [0.29, 0.717) is 0 Å². The van der Waals surface area contributed by atoms with Crippen LogP contribution in [0.4, 0.5) is 8.78 Å². The molecule has 0 radical (unpaired) electrons. The van der Waals surface area contributed by atoms with Gasteiger partial charge in [-0.2, -0.15) is 0 Å². The van der Waals surface area contributed by atoms with Gasteiger partial charge in [-0.05, 0) is 22.8 Å². The third kappa shape index (κ3) is 4.47. The van der Waals surface area contributed by atoms with Crippen LogP contribution < -0.4 is 5.73 Å². The van der Waals surface area contributed by atoms with Crippen molar-refractivity contribution in [3.05, 3.63) is 143 Å². The van der Waals surface area contributed by atoms with Crippen LogP contribution in [0.25, 0.3) is 0 Å². The fraction of sp³-hybridized carbons (Fsp3) is 0.226. The maximum absolute atomic E-state index is 14.8. The average molecular weight is 502 g/mol. The van der Waals surface area contributed by atoms with Crippen molar-refractivity contribution >= 4 is 0 Å². The molecule has 1 fully saturated rings. The van der Waals surface area contributed by atoms with Gasteiger partial charge in [0.05, 0.1) is 31.5 Å². The molecule has 37 heavy (non-hydrogen) atoms. The van der Waals surface area contributed by atoms with E-state index in [1.54, 1.807) is 0 Å². The second-order valence-electron chi connectivity index (χ2n) is 9.37. The predicted octanol–water partition coefficient (Wildman–Crippen LogP) is 5.13. The molecule has 0 saturated carbocycles. The monoisotopic (exact) mass is 501 g/mol. The van der Waals surface area contributed by atoms with Gasteiger partial charge in [0.15, 0.2) is 11.6 Å². The summed E-state index contributed by atoms with van der Waals surface area (Å²) in [6.07, 6.45) is -0.659. The molecule has 0 aliphatic carbocycles. The standard InChI is InChI=1S/C31H29F2NO3/c32-27-18-10-17-25(29(27)33)30(34)21-36-28(26(30)19-35)20-37-31(22-11-4-1-5-12-22,23-13-6-2-7-14-23)24-15-8-3-9-16-24/h1-18,26,28,35H,19-21,34H2/t26?,28?,30-/m1/s1. The summed E-state index contributed by atoms with van der Waals surface area (Å²) in [4.78, 5) is 0. The van der Waals surface area contributed by atoms with E-state index in [1.165, 1.54) is 12.1 Å². The van der Waals surface area contributed by atoms with Crippen molar-refractivity contribution in [2.75, 3.05) is 19.8 Å². The van der Waals surface area contributed by atoms with Gasteiger partial charge in [0.1, 0.15) is 5.60 Å². The molecule has 1 heterocycles. The van der Waals surface area contributed by atoms with E-state index in [0.717, 1.165) is 22.8 Å². The zero-order chi connectivity index (χ0) is 25.9. The van der Waals surface area contributed by atoms with Crippen LogP contribution in [0, 0.1) is 17.6 Å². The fourth-order valence-electron chi connectivity index (χ4n) is 5.36. The van der Waals surface area contributed by atoms with Crippen molar-refractivity contribution < 1.29 is 23.4 Å². The maximum atomic E-state index is 14.8. The number of ether oxygens (including phenoxy) is 2. The lowest BCUT2D eigenvalue weighted by Gasteiger charge is -2.37. The first-order valence-electron chi connectivity index (χ1n) is 12.3. The molecule has 2 unspecified atom stereocenters. The molecule has 4 nitrogen and oxygen atoms in total. The molecule has 3 atom stereocenters. The summed E-state index contributed by atoms with van der Waals surface area (Å²) in [7, 11) is 0. The third-order valence-electron chi connectivity index (χ3n) is 7.30. The normalized spacial score (nSPS) is 21.7. The topological polar surface area (TPSA) is 64.7 Å². The zero-order valence-electron chi connectivity index (χ0n) is 20.3. The number of aliphatic hydroxyl groups is 1. The summed E-state index contributed by atoms with van der Waals surface area (Å²) in [6, 6.07) is 33.5. The van der Waals surface area contributed by atoms with Crippen LogP contribution in [-0.4, -0.2) is 31.0 Å². The van der Waals surface area contributed by atoms with E-state index in [-0.39, 0.29) is 25.4 Å². The number of halogens is 2. The van der Waals surface area contributed by atoms with E-state index in [4.69, 9.17) is 15.2 Å². The van der Waals surface area contributed by atoms with Crippen LogP contribution in [-0.2, 0) is 20.6 Å². The lowest BCUT2D eigenvalue weighted by atomic mass is 9.78. The van der Waals surface area contributed by atoms with Crippen molar-refractivity contribution in [2.24, 2.45) is 11.7 Å². The summed E-state index contributed by atoms with van der Waals surface area (Å²) in [6.45, 7) is -0.406. The Bertz CT molecular complexity index is 1220. The van der Waals surface area contributed by atoms with E-state index in [2.05, 4.69) is 0 Å². The molecule has 1 saturated heterocycles. The highest BCUT2D eigenvalue weighted by atomic mass is 19.2. The second kappa shape index (κ2) is 10.5. The molecular formula is C31H29F2NO3. The quantitative estimate of drug-likeness (QED) is 0.329. The molecule has 0 aromatic heterocycles. The molecule has 0 spiro atoms. The highest BCUT2D eigenvalue weighted by molar-refractivity contribution is 5.47. The minimum Gasteiger partial charge on any atom is -0.396 e. The lowest BCUT2D eigenvalue weighted by molar-refractivity contribution is -0.0603. The molecule has 0 bridgehead atoms. The van der Waals surface area contributed by atoms with E-state index >= 15 is 0 Å². The fourth-order valence-corrected chi connectivity index (χ4v) is 5.36. The zero-order valence-corrected chi connectivity index (χ0v) is 20.3. The Labute approximate surface area is 215 Å². The molecule has 190 valence electrons. The maximum Gasteiger partial charge on any atom is 0.163 e. The first-order chi connectivity index (χ1) is 18.0. The Morgan fingerprint density at radius 3 is 1.81 bits per heavy atom. The van der Waals surface area contributed by atoms with Gasteiger partial charge < -0.3 is 20.3 Å². The SMILES string of the molecule is N[C@@]1(c2cccc(F)c2F)COC(COC(c2ccccc2)(c2ccccc2)c2ccccc2)C1CO. The number of aliphatic hydroxyl groups excluding tert-OH is 1. The van der Waals surface area contributed by atoms with E-state index in [9.17, 15) is 13.9 Å². The lowest BCUT2D eigenvalue weighted by Crippen LogP contribution is -2.48. The molecular weight excluding hydrogens is 472 g/mol. The summed E-state index contributed by atoms with van der Waals surface area (Å²) < 4.78 is 41.6. The molecule has 0 amide bonds. The van der Waals surface area contributed by atoms with Crippen molar-refractivity contribution in [3.8, 4) is 0 Å². The van der Waals surface area contributed by atoms with Gasteiger partial charge in [-0.25, -0.2) is 8.78 Å². The largest absolute Gasteiger partial charge is 0.396 e. The number of hydrogen-bond donors (Lipinski definition) is 2. The van der Waals surface area contributed by atoms with Crippen LogP contribution in [0.15, 0.2) is 109 Å². The van der Waals surface area contributed by atoms with Crippen LogP contribution in [0.1, 0.15) is 22.3 Å². The summed E-state index contributed by atoms with van der Waals surface area (Å²) >= 11 is 0. The highest BCUT2D eigenvalue weighted by Gasteiger charge is 2.50. The molecule has 1 aliphatic heterocycles. The van der Waals surface area contributed by atoms with Crippen molar-refractivity contribution in [2.45, 2.75) is 17.2 Å². The van der Waals surface area contributed by atoms with Gasteiger partial charge in [-0.3, -0.25) is 0 Å². The minimum absolute atomic E-state index is 0.0190.